The number of nitrogens with zero attached hydrogens (tertiary/aromatic N) is 1. The number of para-hydroxylation sites is 1. The number of carboxylic acids is 1. The maximum Gasteiger partial charge on any atom is 0.339 e. The number of rotatable bonds is 3. The maximum absolute atomic E-state index is 11.3. The van der Waals surface area contributed by atoms with Crippen LogP contribution in [0.15, 0.2) is 30.5 Å². The fraction of sp³-hybridized carbons (Fsp3) is 0.333. The Morgan fingerprint density at radius 1 is 1.42 bits per heavy atom. The molecule has 1 unspecified atom stereocenters. The molecule has 1 atom stereocenters. The van der Waals surface area contributed by atoms with Crippen molar-refractivity contribution in [3.8, 4) is 0 Å². The summed E-state index contributed by atoms with van der Waals surface area (Å²) in [4.78, 5) is 15.6. The van der Waals surface area contributed by atoms with E-state index in [1.54, 1.807) is 0 Å². The van der Waals surface area contributed by atoms with Gasteiger partial charge in [0.2, 0.25) is 0 Å². The van der Waals surface area contributed by atoms with E-state index >= 15 is 0 Å². The third kappa shape index (κ3) is 2.03. The number of pyridine rings is 1. The van der Waals surface area contributed by atoms with Gasteiger partial charge in [-0.1, -0.05) is 32.0 Å². The van der Waals surface area contributed by atoms with E-state index in [0.717, 1.165) is 17.3 Å². The minimum absolute atomic E-state index is 0.236. The summed E-state index contributed by atoms with van der Waals surface area (Å²) in [7, 11) is 0. The number of hydrogen-bond acceptors (Lipinski definition) is 3. The Balaban J connectivity index is 2.12. The molecule has 19 heavy (non-hydrogen) atoms. The Kier molecular flexibility index (Phi) is 2.49. The summed E-state index contributed by atoms with van der Waals surface area (Å²) in [5.74, 6) is -0.945. The van der Waals surface area contributed by atoms with Crippen molar-refractivity contribution in [2.24, 2.45) is 5.41 Å². The van der Waals surface area contributed by atoms with Gasteiger partial charge >= 0.3 is 5.97 Å². The van der Waals surface area contributed by atoms with E-state index in [-0.39, 0.29) is 11.0 Å². The second-order valence-electron chi connectivity index (χ2n) is 5.76. The Bertz CT molecular complexity index is 664. The summed E-state index contributed by atoms with van der Waals surface area (Å²) >= 11 is 0. The highest BCUT2D eigenvalue weighted by molar-refractivity contribution is 6.04. The quantitative estimate of drug-likeness (QED) is 0.885. The zero-order valence-electron chi connectivity index (χ0n) is 11.0. The molecular weight excluding hydrogens is 240 g/mol. The number of carbonyl (C=O) groups is 1. The third-order valence-corrected chi connectivity index (χ3v) is 3.84. The predicted octanol–water partition coefficient (Wildman–Crippen LogP) is 3.14. The first-order valence-electron chi connectivity index (χ1n) is 6.36. The van der Waals surface area contributed by atoms with Crippen LogP contribution in [0.2, 0.25) is 0 Å². The number of hydrogen-bond donors (Lipinski definition) is 2. The van der Waals surface area contributed by atoms with Crippen LogP contribution < -0.4 is 5.32 Å². The molecule has 1 aliphatic carbocycles. The van der Waals surface area contributed by atoms with Crippen molar-refractivity contribution in [3.63, 3.8) is 0 Å². The van der Waals surface area contributed by atoms with Crippen molar-refractivity contribution in [1.82, 2.24) is 4.98 Å². The van der Waals surface area contributed by atoms with Gasteiger partial charge in [0.1, 0.15) is 5.56 Å². The molecule has 4 heteroatoms. The molecule has 2 aromatic rings. The van der Waals surface area contributed by atoms with Crippen LogP contribution >= 0.6 is 0 Å². The molecule has 0 saturated heterocycles. The molecule has 0 radical (unpaired) electrons. The van der Waals surface area contributed by atoms with Crippen molar-refractivity contribution in [2.75, 3.05) is 5.32 Å². The summed E-state index contributed by atoms with van der Waals surface area (Å²) in [6.07, 6.45) is 2.49. The molecule has 0 spiro atoms. The smallest absolute Gasteiger partial charge is 0.339 e. The molecule has 1 aromatic carbocycles. The van der Waals surface area contributed by atoms with Gasteiger partial charge in [-0.3, -0.25) is 4.98 Å². The standard InChI is InChI=1S/C15H16N2O2/c1-15(2)7-12(15)17-13-9-5-3-4-6-11(9)16-8-10(13)14(18)19/h3-6,8,12H,7H2,1-2H3,(H,16,17)(H,18,19). The van der Waals surface area contributed by atoms with Crippen LogP contribution in [0.1, 0.15) is 30.6 Å². The van der Waals surface area contributed by atoms with Crippen LogP contribution in [0.5, 0.6) is 0 Å². The number of aromatic carboxylic acids is 1. The number of aromatic nitrogens is 1. The van der Waals surface area contributed by atoms with Crippen LogP contribution in [0.25, 0.3) is 10.9 Å². The van der Waals surface area contributed by atoms with Crippen LogP contribution in [0.4, 0.5) is 5.69 Å². The highest BCUT2D eigenvalue weighted by atomic mass is 16.4. The zero-order valence-corrected chi connectivity index (χ0v) is 11.0. The largest absolute Gasteiger partial charge is 0.478 e. The first kappa shape index (κ1) is 12.0. The number of benzene rings is 1. The van der Waals surface area contributed by atoms with Gasteiger partial charge in [-0.05, 0) is 17.9 Å². The van der Waals surface area contributed by atoms with Crippen molar-refractivity contribution in [3.05, 3.63) is 36.0 Å². The molecule has 4 nitrogen and oxygen atoms in total. The van der Waals surface area contributed by atoms with Crippen molar-refractivity contribution < 1.29 is 9.90 Å². The van der Waals surface area contributed by atoms with Crippen LogP contribution in [0, 0.1) is 5.41 Å². The highest BCUT2D eigenvalue weighted by Gasteiger charge is 2.46. The van der Waals surface area contributed by atoms with Gasteiger partial charge in [0.15, 0.2) is 0 Å². The van der Waals surface area contributed by atoms with Crippen LogP contribution in [0.3, 0.4) is 0 Å². The predicted molar refractivity (Wildman–Crippen MR) is 74.5 cm³/mol. The lowest BCUT2D eigenvalue weighted by atomic mass is 10.1. The first-order chi connectivity index (χ1) is 8.99. The molecule has 1 aliphatic rings. The highest BCUT2D eigenvalue weighted by Crippen LogP contribution is 2.47. The van der Waals surface area contributed by atoms with E-state index in [4.69, 9.17) is 0 Å². The van der Waals surface area contributed by atoms with E-state index in [1.165, 1.54) is 6.20 Å². The van der Waals surface area contributed by atoms with Gasteiger partial charge in [-0.15, -0.1) is 0 Å². The van der Waals surface area contributed by atoms with Gasteiger partial charge in [-0.25, -0.2) is 4.79 Å². The van der Waals surface area contributed by atoms with E-state index in [2.05, 4.69) is 24.1 Å². The molecule has 0 bridgehead atoms. The van der Waals surface area contributed by atoms with Crippen LogP contribution in [-0.4, -0.2) is 22.1 Å². The van der Waals surface area contributed by atoms with E-state index in [9.17, 15) is 9.90 Å². The third-order valence-electron chi connectivity index (χ3n) is 3.84. The van der Waals surface area contributed by atoms with E-state index in [1.807, 2.05) is 24.3 Å². The average Bonchev–Trinajstić information content (AvgIpc) is 2.96. The second-order valence-corrected chi connectivity index (χ2v) is 5.76. The molecule has 2 N–H and O–H groups in total. The van der Waals surface area contributed by atoms with Gasteiger partial charge in [0, 0.05) is 17.6 Å². The molecule has 1 saturated carbocycles. The van der Waals surface area contributed by atoms with Gasteiger partial charge in [0.25, 0.3) is 0 Å². The zero-order chi connectivity index (χ0) is 13.6. The van der Waals surface area contributed by atoms with E-state index < -0.39 is 5.97 Å². The summed E-state index contributed by atoms with van der Waals surface area (Å²) in [5.41, 5.74) is 1.98. The lowest BCUT2D eigenvalue weighted by Crippen LogP contribution is -2.13. The van der Waals surface area contributed by atoms with Crippen molar-refractivity contribution >= 4 is 22.6 Å². The Morgan fingerprint density at radius 3 is 2.74 bits per heavy atom. The van der Waals surface area contributed by atoms with Crippen molar-refractivity contribution in [2.45, 2.75) is 26.3 Å². The van der Waals surface area contributed by atoms with Crippen molar-refractivity contribution in [1.29, 1.82) is 0 Å². The maximum atomic E-state index is 11.3. The molecule has 0 aliphatic heterocycles. The minimum Gasteiger partial charge on any atom is -0.478 e. The fourth-order valence-electron chi connectivity index (χ4n) is 2.35. The first-order valence-corrected chi connectivity index (χ1v) is 6.36. The average molecular weight is 256 g/mol. The summed E-state index contributed by atoms with van der Waals surface area (Å²) < 4.78 is 0. The van der Waals surface area contributed by atoms with Crippen LogP contribution in [-0.2, 0) is 0 Å². The van der Waals surface area contributed by atoms with Gasteiger partial charge < -0.3 is 10.4 Å². The minimum atomic E-state index is -0.945. The monoisotopic (exact) mass is 256 g/mol. The fourth-order valence-corrected chi connectivity index (χ4v) is 2.35. The molecule has 3 rings (SSSR count). The number of carboxylic acid groups (broad SMARTS) is 1. The van der Waals surface area contributed by atoms with E-state index in [0.29, 0.717) is 11.7 Å². The summed E-state index contributed by atoms with van der Waals surface area (Å²) in [6, 6.07) is 7.94. The molecular formula is C15H16N2O2. The second kappa shape index (κ2) is 3.95. The Morgan fingerprint density at radius 2 is 2.11 bits per heavy atom. The summed E-state index contributed by atoms with van der Waals surface area (Å²) in [5, 5.41) is 13.6. The van der Waals surface area contributed by atoms with Gasteiger partial charge in [-0.2, -0.15) is 0 Å². The number of anilines is 1. The number of fused-ring (bicyclic) bond motifs is 1. The summed E-state index contributed by atoms with van der Waals surface area (Å²) in [6.45, 7) is 4.35. The molecule has 0 amide bonds. The molecule has 1 aromatic heterocycles. The molecule has 1 fully saturated rings. The Labute approximate surface area is 111 Å². The normalized spacial score (nSPS) is 20.2. The molecule has 98 valence electrons. The van der Waals surface area contributed by atoms with Gasteiger partial charge in [0.05, 0.1) is 11.2 Å². The SMILES string of the molecule is CC1(C)CC1Nc1c(C(=O)O)cnc2ccccc12. The lowest BCUT2D eigenvalue weighted by Gasteiger charge is -2.13. The topological polar surface area (TPSA) is 62.2 Å². The lowest BCUT2D eigenvalue weighted by molar-refractivity contribution is 0.0697. The number of nitrogens with one attached hydrogen (secondary N) is 1. The molecule has 1 heterocycles. The Hall–Kier alpha value is -2.10.